The van der Waals surface area contributed by atoms with Crippen LogP contribution in [-0.2, 0) is 32.1 Å². The number of benzene rings is 2. The Balaban J connectivity index is 1.32. The van der Waals surface area contributed by atoms with E-state index in [9.17, 15) is 19.2 Å². The molecular weight excluding hydrogens is 606 g/mol. The van der Waals surface area contributed by atoms with Crippen LogP contribution in [0.5, 0.6) is 5.75 Å². The van der Waals surface area contributed by atoms with Gasteiger partial charge in [-0.1, -0.05) is 49.2 Å². The van der Waals surface area contributed by atoms with Gasteiger partial charge in [0, 0.05) is 32.6 Å². The summed E-state index contributed by atoms with van der Waals surface area (Å²) in [6.45, 7) is 5.41. The number of hydrogen-bond donors (Lipinski definition) is 4. The van der Waals surface area contributed by atoms with Crippen molar-refractivity contribution in [2.45, 2.75) is 96.2 Å². The van der Waals surface area contributed by atoms with Gasteiger partial charge in [0.1, 0.15) is 17.8 Å². The van der Waals surface area contributed by atoms with Crippen LogP contribution in [0.3, 0.4) is 0 Å². The van der Waals surface area contributed by atoms with Crippen molar-refractivity contribution in [1.82, 2.24) is 26.2 Å². The quantitative estimate of drug-likeness (QED) is 0.304. The molecule has 1 unspecified atom stereocenters. The van der Waals surface area contributed by atoms with Crippen LogP contribution in [0, 0.1) is 18.8 Å². The average molecular weight is 660 g/mol. The number of nitrogens with one attached hydrogen (secondary N) is 4. The second-order valence-corrected chi connectivity index (χ2v) is 13.8. The van der Waals surface area contributed by atoms with Crippen LogP contribution in [0.15, 0.2) is 48.5 Å². The fourth-order valence-electron chi connectivity index (χ4n) is 7.10. The topological polar surface area (TPSA) is 129 Å². The Kier molecular flexibility index (Phi) is 13.3. The molecule has 1 aliphatic carbocycles. The first-order valence-corrected chi connectivity index (χ1v) is 18.0. The van der Waals surface area contributed by atoms with Crippen LogP contribution in [0.2, 0.25) is 0 Å². The highest BCUT2D eigenvalue weighted by atomic mass is 16.5. The van der Waals surface area contributed by atoms with E-state index in [0.29, 0.717) is 50.9 Å². The Morgan fingerprint density at radius 3 is 2.60 bits per heavy atom. The number of carbonyl (C=O) groups is 4. The summed E-state index contributed by atoms with van der Waals surface area (Å²) in [5.74, 6) is 0.387. The first-order valence-electron chi connectivity index (χ1n) is 18.0. The number of ether oxygens (including phenoxy) is 1. The first-order chi connectivity index (χ1) is 23.3. The second kappa shape index (κ2) is 18.0. The third-order valence-electron chi connectivity index (χ3n) is 10.1. The minimum absolute atomic E-state index is 0.160. The molecule has 3 aliphatic rings. The van der Waals surface area contributed by atoms with Crippen molar-refractivity contribution >= 4 is 23.6 Å². The monoisotopic (exact) mass is 659 g/mol. The van der Waals surface area contributed by atoms with Gasteiger partial charge in [0.05, 0.1) is 13.0 Å². The molecule has 2 aromatic rings. The Morgan fingerprint density at radius 1 is 0.979 bits per heavy atom. The molecule has 5 rings (SSSR count). The van der Waals surface area contributed by atoms with Gasteiger partial charge in [-0.2, -0.15) is 0 Å². The number of nitrogens with zero attached hydrogens (tertiary/aromatic N) is 1. The van der Waals surface area contributed by atoms with E-state index in [1.165, 1.54) is 25.7 Å². The molecular formula is C38H53N5O5. The lowest BCUT2D eigenvalue weighted by Crippen LogP contribution is -2.55. The van der Waals surface area contributed by atoms with E-state index >= 15 is 0 Å². The van der Waals surface area contributed by atoms with Crippen molar-refractivity contribution in [3.8, 4) is 5.75 Å². The maximum atomic E-state index is 13.9. The smallest absolute Gasteiger partial charge is 0.243 e. The fraction of sp³-hybridized carbons (Fsp3) is 0.579. The van der Waals surface area contributed by atoms with Gasteiger partial charge in [-0.25, -0.2) is 0 Å². The Morgan fingerprint density at radius 2 is 1.79 bits per heavy atom. The number of hydrogen-bond acceptors (Lipinski definition) is 6. The Hall–Kier alpha value is -3.92. The van der Waals surface area contributed by atoms with E-state index in [2.05, 4.69) is 21.3 Å². The van der Waals surface area contributed by atoms with Crippen molar-refractivity contribution in [3.63, 3.8) is 0 Å². The van der Waals surface area contributed by atoms with Gasteiger partial charge in [-0.15, -0.1) is 0 Å². The fourth-order valence-corrected chi connectivity index (χ4v) is 7.10. The highest BCUT2D eigenvalue weighted by molar-refractivity contribution is 5.95. The van der Waals surface area contributed by atoms with E-state index in [1.54, 1.807) is 0 Å². The number of amides is 4. The summed E-state index contributed by atoms with van der Waals surface area (Å²) >= 11 is 0. The number of rotatable bonds is 9. The molecule has 1 saturated heterocycles. The van der Waals surface area contributed by atoms with Crippen molar-refractivity contribution in [2.24, 2.45) is 11.8 Å². The summed E-state index contributed by atoms with van der Waals surface area (Å²) in [4.78, 5) is 56.2. The van der Waals surface area contributed by atoms with Gasteiger partial charge < -0.3 is 30.9 Å². The van der Waals surface area contributed by atoms with Gasteiger partial charge >= 0.3 is 0 Å². The van der Waals surface area contributed by atoms with Crippen LogP contribution in [0.4, 0.5) is 0 Å². The van der Waals surface area contributed by atoms with Crippen LogP contribution in [0.1, 0.15) is 80.9 Å². The van der Waals surface area contributed by atoms with E-state index in [1.807, 2.05) is 60.4 Å². The summed E-state index contributed by atoms with van der Waals surface area (Å²) in [7, 11) is 0. The predicted octanol–water partition coefficient (Wildman–Crippen LogP) is 3.79. The molecule has 1 saturated carbocycles. The number of carbonyl (C=O) groups excluding carboxylic acids is 4. The zero-order valence-corrected chi connectivity index (χ0v) is 28.4. The molecule has 3 atom stereocenters. The van der Waals surface area contributed by atoms with Crippen LogP contribution in [0.25, 0.3) is 0 Å². The Bertz CT molecular complexity index is 1380. The maximum absolute atomic E-state index is 13.9. The number of piperidine rings is 1. The van der Waals surface area contributed by atoms with Gasteiger partial charge in [0.25, 0.3) is 0 Å². The molecule has 2 aliphatic heterocycles. The summed E-state index contributed by atoms with van der Waals surface area (Å²) < 4.78 is 6.12. The molecule has 2 fully saturated rings. The number of aryl methyl sites for hydroxylation is 2. The molecule has 48 heavy (non-hydrogen) atoms. The van der Waals surface area contributed by atoms with E-state index in [0.717, 1.165) is 48.2 Å². The lowest BCUT2D eigenvalue weighted by Gasteiger charge is -2.34. The largest absolute Gasteiger partial charge is 0.494 e. The molecule has 10 heteroatoms. The van der Waals surface area contributed by atoms with E-state index in [-0.39, 0.29) is 37.1 Å². The highest BCUT2D eigenvalue weighted by Gasteiger charge is 2.32. The Labute approximate surface area is 285 Å². The lowest BCUT2D eigenvalue weighted by atomic mass is 9.94. The SMILES string of the molecule is Cc1ccc2cc1CNC(=O)[C@H](CCc1ccccc1)NC(=O)[C@@H](NC(=O)CCNCC1CCCC1)CC(=O)N1CCCC(CCO2)C1. The molecule has 4 N–H and O–H groups in total. The molecule has 4 bridgehead atoms. The van der Waals surface area contributed by atoms with E-state index < -0.39 is 18.0 Å². The summed E-state index contributed by atoms with van der Waals surface area (Å²) in [5.41, 5.74) is 3.02. The lowest BCUT2D eigenvalue weighted by molar-refractivity contribution is -0.138. The first kappa shape index (κ1) is 35.4. The molecule has 260 valence electrons. The summed E-state index contributed by atoms with van der Waals surface area (Å²) in [6, 6.07) is 13.7. The zero-order chi connectivity index (χ0) is 33.7. The minimum atomic E-state index is -1.09. The predicted molar refractivity (Wildman–Crippen MR) is 185 cm³/mol. The van der Waals surface area contributed by atoms with Gasteiger partial charge in [0.15, 0.2) is 0 Å². The van der Waals surface area contributed by atoms with Crippen LogP contribution >= 0.6 is 0 Å². The van der Waals surface area contributed by atoms with Gasteiger partial charge in [0.2, 0.25) is 23.6 Å². The number of fused-ring (bicyclic) bond motifs is 4. The maximum Gasteiger partial charge on any atom is 0.243 e. The average Bonchev–Trinajstić information content (AvgIpc) is 3.62. The second-order valence-electron chi connectivity index (χ2n) is 13.8. The van der Waals surface area contributed by atoms with Gasteiger partial charge in [-0.3, -0.25) is 19.2 Å². The summed E-state index contributed by atoms with van der Waals surface area (Å²) in [6.07, 6.45) is 8.63. The third kappa shape index (κ3) is 10.8. The van der Waals surface area contributed by atoms with Gasteiger partial charge in [-0.05, 0) is 99.1 Å². The molecule has 0 aromatic heterocycles. The summed E-state index contributed by atoms with van der Waals surface area (Å²) in [5, 5.41) is 12.2. The molecule has 0 spiro atoms. The zero-order valence-electron chi connectivity index (χ0n) is 28.4. The third-order valence-corrected chi connectivity index (χ3v) is 10.1. The molecule has 4 amide bonds. The van der Waals surface area contributed by atoms with E-state index in [4.69, 9.17) is 4.74 Å². The van der Waals surface area contributed by atoms with Crippen LogP contribution in [-0.4, -0.2) is 73.4 Å². The van der Waals surface area contributed by atoms with Crippen molar-refractivity contribution in [1.29, 1.82) is 0 Å². The molecule has 2 heterocycles. The molecule has 10 nitrogen and oxygen atoms in total. The minimum Gasteiger partial charge on any atom is -0.494 e. The normalized spacial score (nSPS) is 23.0. The van der Waals surface area contributed by atoms with Crippen LogP contribution < -0.4 is 26.0 Å². The van der Waals surface area contributed by atoms with Crippen molar-refractivity contribution in [2.75, 3.05) is 32.8 Å². The highest BCUT2D eigenvalue weighted by Crippen LogP contribution is 2.24. The van der Waals surface area contributed by atoms with Crippen molar-refractivity contribution < 1.29 is 23.9 Å². The standard InChI is InChI=1S/C38H53N5O5/c1-27-13-15-32-22-31(27)25-40-37(46)33(16-14-28-8-3-2-4-9-28)42-38(47)34(41-35(44)17-19-39-24-29-10-5-6-11-29)23-36(45)43-20-7-12-30(26-43)18-21-48-32/h2-4,8-9,13,15,22,29-30,33-34,39H,5-7,10-12,14,16-21,23-26H2,1H3,(H,40,46)(H,41,44)(H,42,47)/t30?,33-,34-/m0/s1. The molecule has 0 radical (unpaired) electrons. The van der Waals surface area contributed by atoms with Crippen molar-refractivity contribution in [3.05, 3.63) is 65.2 Å². The molecule has 2 aromatic carbocycles.